The lowest BCUT2D eigenvalue weighted by Gasteiger charge is -2.06. The molecular formula is C22H17N3O2S2. The molecule has 5 nitrogen and oxygen atoms in total. The zero-order valence-corrected chi connectivity index (χ0v) is 16.9. The molecule has 4 aromatic rings. The number of rotatable bonds is 6. The van der Waals surface area contributed by atoms with Crippen LogP contribution in [0.2, 0.25) is 0 Å². The van der Waals surface area contributed by atoms with Crippen molar-refractivity contribution in [3.63, 3.8) is 0 Å². The first-order chi connectivity index (χ1) is 14.2. The predicted octanol–water partition coefficient (Wildman–Crippen LogP) is 5.31. The highest BCUT2D eigenvalue weighted by molar-refractivity contribution is 7.14. The van der Waals surface area contributed by atoms with Crippen molar-refractivity contribution in [1.82, 2.24) is 4.98 Å². The Morgan fingerprint density at radius 1 is 0.862 bits per heavy atom. The number of nitrogens with zero attached hydrogens (tertiary/aromatic N) is 1. The maximum atomic E-state index is 12.2. The van der Waals surface area contributed by atoms with Crippen molar-refractivity contribution in [3.05, 3.63) is 87.9 Å². The molecule has 2 aromatic carbocycles. The van der Waals surface area contributed by atoms with E-state index in [-0.39, 0.29) is 11.8 Å². The van der Waals surface area contributed by atoms with Crippen molar-refractivity contribution in [3.8, 4) is 11.3 Å². The van der Waals surface area contributed by atoms with Gasteiger partial charge in [0.15, 0.2) is 5.13 Å². The number of amides is 2. The van der Waals surface area contributed by atoms with Gasteiger partial charge in [0.2, 0.25) is 5.91 Å². The van der Waals surface area contributed by atoms with Gasteiger partial charge in [-0.25, -0.2) is 4.98 Å². The number of hydrogen-bond acceptors (Lipinski definition) is 5. The van der Waals surface area contributed by atoms with E-state index in [1.165, 1.54) is 11.3 Å². The molecule has 2 aromatic heterocycles. The summed E-state index contributed by atoms with van der Waals surface area (Å²) in [5.41, 5.74) is 3.02. The highest BCUT2D eigenvalue weighted by Gasteiger charge is 2.10. The van der Waals surface area contributed by atoms with Gasteiger partial charge in [-0.1, -0.05) is 36.4 Å². The molecule has 0 fully saturated rings. The largest absolute Gasteiger partial charge is 0.322 e. The summed E-state index contributed by atoms with van der Waals surface area (Å²) >= 11 is 2.95. The molecule has 29 heavy (non-hydrogen) atoms. The molecule has 0 spiro atoms. The number of carbonyl (C=O) groups excluding carboxylic acids is 2. The van der Waals surface area contributed by atoms with E-state index in [4.69, 9.17) is 0 Å². The summed E-state index contributed by atoms with van der Waals surface area (Å²) in [5.74, 6) is -0.227. The first-order valence-corrected chi connectivity index (χ1v) is 10.7. The van der Waals surface area contributed by atoms with Crippen molar-refractivity contribution >= 4 is 45.3 Å². The second-order valence-corrected chi connectivity index (χ2v) is 8.13. The monoisotopic (exact) mass is 419 g/mol. The molecule has 0 aliphatic rings. The van der Waals surface area contributed by atoms with Crippen molar-refractivity contribution in [2.24, 2.45) is 0 Å². The van der Waals surface area contributed by atoms with Crippen LogP contribution in [0.1, 0.15) is 15.2 Å². The van der Waals surface area contributed by atoms with Crippen LogP contribution in [0.15, 0.2) is 77.5 Å². The summed E-state index contributed by atoms with van der Waals surface area (Å²) in [6, 6.07) is 20.4. The molecule has 0 bridgehead atoms. The van der Waals surface area contributed by atoms with Gasteiger partial charge in [0, 0.05) is 27.1 Å². The zero-order valence-electron chi connectivity index (χ0n) is 15.3. The summed E-state index contributed by atoms with van der Waals surface area (Å²) in [5, 5.41) is 10.1. The van der Waals surface area contributed by atoms with Crippen LogP contribution in [0.25, 0.3) is 11.3 Å². The van der Waals surface area contributed by atoms with Crippen LogP contribution in [-0.2, 0) is 11.2 Å². The molecular weight excluding hydrogens is 402 g/mol. The van der Waals surface area contributed by atoms with E-state index < -0.39 is 0 Å². The summed E-state index contributed by atoms with van der Waals surface area (Å²) in [6.07, 6.45) is 0.350. The lowest BCUT2D eigenvalue weighted by atomic mass is 10.1. The minimum atomic E-state index is -0.150. The smallest absolute Gasteiger partial charge is 0.255 e. The average molecular weight is 420 g/mol. The number of hydrogen-bond donors (Lipinski definition) is 2. The van der Waals surface area contributed by atoms with E-state index in [1.807, 2.05) is 65.4 Å². The Morgan fingerprint density at radius 2 is 1.66 bits per heavy atom. The molecule has 7 heteroatoms. The van der Waals surface area contributed by atoms with Crippen molar-refractivity contribution in [1.29, 1.82) is 0 Å². The summed E-state index contributed by atoms with van der Waals surface area (Å²) < 4.78 is 0. The van der Waals surface area contributed by atoms with Crippen LogP contribution >= 0.6 is 22.7 Å². The maximum absolute atomic E-state index is 12.2. The quantitative estimate of drug-likeness (QED) is 0.445. The van der Waals surface area contributed by atoms with Gasteiger partial charge in [-0.3, -0.25) is 9.59 Å². The summed E-state index contributed by atoms with van der Waals surface area (Å²) in [6.45, 7) is 0. The first-order valence-electron chi connectivity index (χ1n) is 8.92. The zero-order chi connectivity index (χ0) is 20.1. The van der Waals surface area contributed by atoms with Gasteiger partial charge >= 0.3 is 0 Å². The van der Waals surface area contributed by atoms with Crippen LogP contribution in [0.3, 0.4) is 0 Å². The number of thiazole rings is 1. The topological polar surface area (TPSA) is 71.1 Å². The third kappa shape index (κ3) is 4.96. The van der Waals surface area contributed by atoms with Crippen LogP contribution in [0.5, 0.6) is 0 Å². The number of benzene rings is 2. The predicted molar refractivity (Wildman–Crippen MR) is 119 cm³/mol. The highest BCUT2D eigenvalue weighted by atomic mass is 32.1. The van der Waals surface area contributed by atoms with Crippen LogP contribution in [0, 0.1) is 0 Å². The standard InChI is InChI=1S/C22H17N3O2S2/c26-20(13-18-7-4-12-28-18)25-22-24-19(14-29-22)15-8-10-17(11-9-15)23-21(27)16-5-2-1-3-6-16/h1-12,14H,13H2,(H,23,27)(H,24,25,26). The average Bonchev–Trinajstić information content (AvgIpc) is 3.41. The third-order valence-corrected chi connectivity index (χ3v) is 5.77. The fourth-order valence-corrected chi connectivity index (χ4v) is 4.16. The van der Waals surface area contributed by atoms with Gasteiger partial charge < -0.3 is 10.6 Å². The molecule has 0 atom stereocenters. The van der Waals surface area contributed by atoms with Crippen molar-refractivity contribution in [2.75, 3.05) is 10.6 Å². The number of anilines is 2. The lowest BCUT2D eigenvalue weighted by molar-refractivity contribution is -0.115. The highest BCUT2D eigenvalue weighted by Crippen LogP contribution is 2.26. The normalized spacial score (nSPS) is 10.5. The Bertz CT molecular complexity index is 1100. The van der Waals surface area contributed by atoms with E-state index in [0.29, 0.717) is 22.8 Å². The van der Waals surface area contributed by atoms with Crippen molar-refractivity contribution < 1.29 is 9.59 Å². The van der Waals surface area contributed by atoms with Crippen LogP contribution in [0.4, 0.5) is 10.8 Å². The fraction of sp³-hybridized carbons (Fsp3) is 0.0455. The van der Waals surface area contributed by atoms with E-state index >= 15 is 0 Å². The van der Waals surface area contributed by atoms with Gasteiger partial charge in [-0.2, -0.15) is 0 Å². The molecule has 0 radical (unpaired) electrons. The molecule has 0 unspecified atom stereocenters. The van der Waals surface area contributed by atoms with Gasteiger partial charge in [0.25, 0.3) is 5.91 Å². The Morgan fingerprint density at radius 3 is 2.38 bits per heavy atom. The number of carbonyl (C=O) groups is 2. The molecule has 144 valence electrons. The molecule has 2 heterocycles. The molecule has 2 N–H and O–H groups in total. The van der Waals surface area contributed by atoms with E-state index in [0.717, 1.165) is 16.1 Å². The lowest BCUT2D eigenvalue weighted by Crippen LogP contribution is -2.13. The van der Waals surface area contributed by atoms with E-state index in [9.17, 15) is 9.59 Å². The minimum absolute atomic E-state index is 0.0766. The Hall–Kier alpha value is -3.29. The number of thiophene rings is 1. The molecule has 2 amide bonds. The Labute approximate surface area is 176 Å². The molecule has 4 rings (SSSR count). The van der Waals surface area contributed by atoms with Crippen LogP contribution < -0.4 is 10.6 Å². The SMILES string of the molecule is O=C(Cc1cccs1)Nc1nc(-c2ccc(NC(=O)c3ccccc3)cc2)cs1. The van der Waals surface area contributed by atoms with E-state index in [1.54, 1.807) is 23.5 Å². The van der Waals surface area contributed by atoms with Gasteiger partial charge in [-0.15, -0.1) is 22.7 Å². The molecule has 0 aliphatic carbocycles. The first kappa shape index (κ1) is 19.0. The number of nitrogens with one attached hydrogen (secondary N) is 2. The molecule has 0 aliphatic heterocycles. The summed E-state index contributed by atoms with van der Waals surface area (Å²) in [7, 11) is 0. The van der Waals surface area contributed by atoms with Crippen molar-refractivity contribution in [2.45, 2.75) is 6.42 Å². The van der Waals surface area contributed by atoms with Gasteiger partial charge in [-0.05, 0) is 35.7 Å². The minimum Gasteiger partial charge on any atom is -0.322 e. The Kier molecular flexibility index (Phi) is 5.79. The molecule has 0 saturated carbocycles. The van der Waals surface area contributed by atoms with Crippen LogP contribution in [-0.4, -0.2) is 16.8 Å². The fourth-order valence-electron chi connectivity index (χ4n) is 2.72. The maximum Gasteiger partial charge on any atom is 0.255 e. The van der Waals surface area contributed by atoms with E-state index in [2.05, 4.69) is 15.6 Å². The third-order valence-electron chi connectivity index (χ3n) is 4.14. The Balaban J connectivity index is 1.38. The number of aromatic nitrogens is 1. The second-order valence-electron chi connectivity index (χ2n) is 6.24. The summed E-state index contributed by atoms with van der Waals surface area (Å²) in [4.78, 5) is 29.9. The van der Waals surface area contributed by atoms with Gasteiger partial charge in [0.05, 0.1) is 12.1 Å². The van der Waals surface area contributed by atoms with Gasteiger partial charge in [0.1, 0.15) is 0 Å². The second kappa shape index (κ2) is 8.81. The molecule has 0 saturated heterocycles.